The molecule has 6 heteroatoms. The Kier molecular flexibility index (Phi) is 7.33. The Labute approximate surface area is 186 Å². The monoisotopic (exact) mass is 441 g/mol. The molecule has 0 saturated carbocycles. The van der Waals surface area contributed by atoms with Crippen LogP contribution in [-0.4, -0.2) is 17.6 Å². The summed E-state index contributed by atoms with van der Waals surface area (Å²) in [6, 6.07) is 15.3. The number of aromatic nitrogens is 1. The molecule has 0 aliphatic carbocycles. The van der Waals surface area contributed by atoms with E-state index in [1.807, 2.05) is 44.2 Å². The Morgan fingerprint density at radius 2 is 1.62 bits per heavy atom. The lowest BCUT2D eigenvalue weighted by molar-refractivity contribution is -0.146. The molecule has 1 aromatic heterocycles. The number of hydrogen-bond acceptors (Lipinski definition) is 3. The standard InChI is InChI=1S/C26H26F3NO2/c1-4-32-25(31)23(14-17(2)3)22-16-20(18-8-6-5-7-9-18)15-21(24(22)26(27,28)29)19-10-12-30-13-11-19/h5-13,15-17,23H,4,14H2,1-3H3. The van der Waals surface area contributed by atoms with E-state index in [2.05, 4.69) is 4.98 Å². The van der Waals surface area contributed by atoms with Gasteiger partial charge in [0.05, 0.1) is 18.1 Å². The number of alkyl halides is 3. The molecule has 1 unspecified atom stereocenters. The normalized spacial score (nSPS) is 12.6. The molecular formula is C26H26F3NO2. The van der Waals surface area contributed by atoms with Gasteiger partial charge in [-0.05, 0) is 71.3 Å². The fraction of sp³-hybridized carbons (Fsp3) is 0.308. The van der Waals surface area contributed by atoms with Crippen molar-refractivity contribution >= 4 is 5.97 Å². The van der Waals surface area contributed by atoms with E-state index in [4.69, 9.17) is 4.74 Å². The van der Waals surface area contributed by atoms with E-state index < -0.39 is 23.6 Å². The Bertz CT molecular complexity index is 1050. The Hall–Kier alpha value is -3.15. The number of rotatable bonds is 7. The second-order valence-corrected chi connectivity index (χ2v) is 8.02. The van der Waals surface area contributed by atoms with Crippen molar-refractivity contribution in [3.63, 3.8) is 0 Å². The lowest BCUT2D eigenvalue weighted by Crippen LogP contribution is -2.22. The first-order chi connectivity index (χ1) is 15.2. The van der Waals surface area contributed by atoms with Crippen LogP contribution < -0.4 is 0 Å². The molecule has 0 spiro atoms. The molecule has 0 fully saturated rings. The molecule has 0 radical (unpaired) electrons. The van der Waals surface area contributed by atoms with Crippen molar-refractivity contribution in [2.45, 2.75) is 39.3 Å². The molecule has 0 saturated heterocycles. The van der Waals surface area contributed by atoms with Gasteiger partial charge in [0.1, 0.15) is 0 Å². The summed E-state index contributed by atoms with van der Waals surface area (Å²) >= 11 is 0. The maximum Gasteiger partial charge on any atom is 0.417 e. The van der Waals surface area contributed by atoms with Crippen LogP contribution in [0, 0.1) is 5.92 Å². The van der Waals surface area contributed by atoms with Gasteiger partial charge in [0.2, 0.25) is 0 Å². The number of ether oxygens (including phenoxy) is 1. The van der Waals surface area contributed by atoms with Crippen LogP contribution in [0.25, 0.3) is 22.3 Å². The third kappa shape index (κ3) is 5.36. The highest BCUT2D eigenvalue weighted by molar-refractivity contribution is 5.84. The van der Waals surface area contributed by atoms with E-state index >= 15 is 0 Å². The van der Waals surface area contributed by atoms with Gasteiger partial charge in [-0.15, -0.1) is 0 Å². The fourth-order valence-electron chi connectivity index (χ4n) is 3.88. The molecule has 1 atom stereocenters. The van der Waals surface area contributed by atoms with Crippen molar-refractivity contribution < 1.29 is 22.7 Å². The molecule has 32 heavy (non-hydrogen) atoms. The lowest BCUT2D eigenvalue weighted by Gasteiger charge is -2.25. The Morgan fingerprint density at radius 1 is 0.969 bits per heavy atom. The van der Waals surface area contributed by atoms with Crippen LogP contribution in [0.3, 0.4) is 0 Å². The summed E-state index contributed by atoms with van der Waals surface area (Å²) in [5, 5.41) is 0. The van der Waals surface area contributed by atoms with E-state index in [0.29, 0.717) is 11.1 Å². The fourth-order valence-corrected chi connectivity index (χ4v) is 3.88. The SMILES string of the molecule is CCOC(=O)C(CC(C)C)c1cc(-c2ccccc2)cc(-c2ccncc2)c1C(F)(F)F. The first-order valence-corrected chi connectivity index (χ1v) is 10.6. The van der Waals surface area contributed by atoms with Crippen LogP contribution in [0.2, 0.25) is 0 Å². The summed E-state index contributed by atoms with van der Waals surface area (Å²) in [6.45, 7) is 5.51. The first kappa shape index (κ1) is 23.5. The Balaban J connectivity index is 2.38. The predicted molar refractivity (Wildman–Crippen MR) is 119 cm³/mol. The number of pyridine rings is 1. The first-order valence-electron chi connectivity index (χ1n) is 10.6. The van der Waals surface area contributed by atoms with Crippen LogP contribution in [0.1, 0.15) is 44.2 Å². The van der Waals surface area contributed by atoms with E-state index in [1.54, 1.807) is 19.1 Å². The van der Waals surface area contributed by atoms with Gasteiger partial charge < -0.3 is 4.74 Å². The second-order valence-electron chi connectivity index (χ2n) is 8.02. The average Bonchev–Trinajstić information content (AvgIpc) is 2.77. The summed E-state index contributed by atoms with van der Waals surface area (Å²) in [5.74, 6) is -1.68. The van der Waals surface area contributed by atoms with E-state index in [9.17, 15) is 18.0 Å². The number of halogens is 3. The summed E-state index contributed by atoms with van der Waals surface area (Å²) in [4.78, 5) is 16.8. The van der Waals surface area contributed by atoms with Crippen LogP contribution in [-0.2, 0) is 15.7 Å². The zero-order valence-electron chi connectivity index (χ0n) is 18.3. The largest absolute Gasteiger partial charge is 0.466 e. The summed E-state index contributed by atoms with van der Waals surface area (Å²) < 4.78 is 48.7. The van der Waals surface area contributed by atoms with Crippen molar-refractivity contribution in [2.75, 3.05) is 6.61 Å². The lowest BCUT2D eigenvalue weighted by atomic mass is 9.82. The molecule has 0 aliphatic rings. The molecule has 1 heterocycles. The molecule has 3 nitrogen and oxygen atoms in total. The van der Waals surface area contributed by atoms with Crippen molar-refractivity contribution in [1.82, 2.24) is 4.98 Å². The maximum absolute atomic E-state index is 14.5. The predicted octanol–water partition coefficient (Wildman–Crippen LogP) is 7.13. The van der Waals surface area contributed by atoms with E-state index in [0.717, 1.165) is 5.56 Å². The minimum absolute atomic E-state index is 0.00440. The molecule has 168 valence electrons. The molecule has 3 aromatic rings. The molecule has 0 bridgehead atoms. The zero-order chi connectivity index (χ0) is 23.3. The van der Waals surface area contributed by atoms with Gasteiger partial charge in [0.25, 0.3) is 0 Å². The quantitative estimate of drug-likeness (QED) is 0.366. The smallest absolute Gasteiger partial charge is 0.417 e. The van der Waals surface area contributed by atoms with Gasteiger partial charge in [-0.2, -0.15) is 13.2 Å². The van der Waals surface area contributed by atoms with E-state index in [-0.39, 0.29) is 30.1 Å². The molecular weight excluding hydrogens is 415 g/mol. The number of hydrogen-bond donors (Lipinski definition) is 0. The summed E-state index contributed by atoms with van der Waals surface area (Å²) in [5.41, 5.74) is 0.927. The third-order valence-electron chi connectivity index (χ3n) is 5.20. The van der Waals surface area contributed by atoms with Gasteiger partial charge in [0.15, 0.2) is 0 Å². The van der Waals surface area contributed by atoms with Crippen molar-refractivity contribution in [1.29, 1.82) is 0 Å². The van der Waals surface area contributed by atoms with Gasteiger partial charge in [-0.3, -0.25) is 9.78 Å². The van der Waals surface area contributed by atoms with Crippen LogP contribution in [0.4, 0.5) is 13.2 Å². The summed E-state index contributed by atoms with van der Waals surface area (Å²) in [7, 11) is 0. The zero-order valence-corrected chi connectivity index (χ0v) is 18.3. The van der Waals surface area contributed by atoms with Crippen LogP contribution >= 0.6 is 0 Å². The molecule has 3 rings (SSSR count). The highest BCUT2D eigenvalue weighted by atomic mass is 19.4. The minimum atomic E-state index is -4.66. The number of carbonyl (C=O) groups is 1. The minimum Gasteiger partial charge on any atom is -0.466 e. The second kappa shape index (κ2) is 9.98. The average molecular weight is 441 g/mol. The number of nitrogens with zero attached hydrogens (tertiary/aromatic N) is 1. The maximum atomic E-state index is 14.5. The van der Waals surface area contributed by atoms with Crippen molar-refractivity contribution in [3.8, 4) is 22.3 Å². The highest BCUT2D eigenvalue weighted by Gasteiger charge is 2.40. The molecule has 2 aromatic carbocycles. The molecule has 0 aliphatic heterocycles. The van der Waals surface area contributed by atoms with Crippen molar-refractivity contribution in [2.24, 2.45) is 5.92 Å². The molecule has 0 amide bonds. The van der Waals surface area contributed by atoms with Crippen molar-refractivity contribution in [3.05, 3.63) is 78.1 Å². The topological polar surface area (TPSA) is 39.2 Å². The number of carbonyl (C=O) groups excluding carboxylic acids is 1. The van der Waals surface area contributed by atoms with Gasteiger partial charge in [-0.1, -0.05) is 44.2 Å². The summed E-state index contributed by atoms with van der Waals surface area (Å²) in [6.07, 6.45) is -1.50. The van der Waals surface area contributed by atoms with Crippen LogP contribution in [0.15, 0.2) is 67.0 Å². The van der Waals surface area contributed by atoms with E-state index in [1.165, 1.54) is 24.5 Å². The number of esters is 1. The number of benzene rings is 2. The highest BCUT2D eigenvalue weighted by Crippen LogP contribution is 2.45. The third-order valence-corrected chi connectivity index (χ3v) is 5.20. The van der Waals surface area contributed by atoms with Gasteiger partial charge in [0, 0.05) is 12.4 Å². The Morgan fingerprint density at radius 3 is 2.19 bits per heavy atom. The van der Waals surface area contributed by atoms with Gasteiger partial charge >= 0.3 is 12.1 Å². The van der Waals surface area contributed by atoms with Crippen LogP contribution in [0.5, 0.6) is 0 Å². The van der Waals surface area contributed by atoms with Gasteiger partial charge in [-0.25, -0.2) is 0 Å². The molecule has 0 N–H and O–H groups in total.